The van der Waals surface area contributed by atoms with Gasteiger partial charge in [0.05, 0.1) is 12.1 Å². The summed E-state index contributed by atoms with van der Waals surface area (Å²) in [5, 5.41) is 7.02. The molecule has 1 aliphatic rings. The van der Waals surface area contributed by atoms with Gasteiger partial charge >= 0.3 is 0 Å². The van der Waals surface area contributed by atoms with Crippen molar-refractivity contribution in [3.05, 3.63) is 87.8 Å². The van der Waals surface area contributed by atoms with Crippen molar-refractivity contribution >= 4 is 29.3 Å². The third-order valence-electron chi connectivity index (χ3n) is 5.25. The van der Waals surface area contributed by atoms with Crippen LogP contribution in [0, 0.1) is 6.92 Å². The van der Waals surface area contributed by atoms with E-state index in [9.17, 15) is 14.4 Å². The van der Waals surface area contributed by atoms with E-state index in [1.807, 2.05) is 59.1 Å². The van der Waals surface area contributed by atoms with Crippen molar-refractivity contribution in [1.29, 1.82) is 0 Å². The number of thioether (sulfide) groups is 1. The minimum atomic E-state index is -0.575. The Labute approximate surface area is 190 Å². The Morgan fingerprint density at radius 2 is 1.72 bits per heavy atom. The van der Waals surface area contributed by atoms with E-state index < -0.39 is 11.3 Å². The number of nitrogens with zero attached hydrogens (tertiary/aromatic N) is 3. The summed E-state index contributed by atoms with van der Waals surface area (Å²) in [5.74, 6) is 1.51. The molecule has 4 rings (SSSR count). The van der Waals surface area contributed by atoms with Gasteiger partial charge in [0.15, 0.2) is 5.69 Å². The molecule has 0 atom stereocenters. The van der Waals surface area contributed by atoms with Crippen molar-refractivity contribution in [1.82, 2.24) is 14.7 Å². The highest BCUT2D eigenvalue weighted by molar-refractivity contribution is 7.99. The summed E-state index contributed by atoms with van der Waals surface area (Å²) in [4.78, 5) is 39.5. The number of amides is 2. The zero-order valence-corrected chi connectivity index (χ0v) is 18.6. The first-order valence-corrected chi connectivity index (χ1v) is 11.6. The lowest BCUT2D eigenvalue weighted by Crippen LogP contribution is -2.38. The predicted molar refractivity (Wildman–Crippen MR) is 127 cm³/mol. The summed E-state index contributed by atoms with van der Waals surface area (Å²) in [6.45, 7) is 3.36. The number of benzene rings is 2. The summed E-state index contributed by atoms with van der Waals surface area (Å²) < 4.78 is 1.57. The van der Waals surface area contributed by atoms with Gasteiger partial charge in [-0.1, -0.05) is 30.3 Å². The van der Waals surface area contributed by atoms with Crippen LogP contribution >= 0.6 is 11.8 Å². The Kier molecular flexibility index (Phi) is 6.70. The van der Waals surface area contributed by atoms with E-state index in [2.05, 4.69) is 10.4 Å². The van der Waals surface area contributed by atoms with Gasteiger partial charge in [0.25, 0.3) is 5.91 Å². The first-order valence-electron chi connectivity index (χ1n) is 10.4. The van der Waals surface area contributed by atoms with Crippen LogP contribution < -0.4 is 10.7 Å². The van der Waals surface area contributed by atoms with Gasteiger partial charge in [-0.3, -0.25) is 14.4 Å². The maximum atomic E-state index is 12.7. The highest BCUT2D eigenvalue weighted by Gasteiger charge is 2.18. The van der Waals surface area contributed by atoms with E-state index in [-0.39, 0.29) is 11.6 Å². The van der Waals surface area contributed by atoms with Crippen molar-refractivity contribution in [3.63, 3.8) is 0 Å². The standard InChI is InChI=1S/C24H24N4O3S/c1-17-15-21(29)23(26-28(17)20-5-3-2-4-6-20)24(31)25-19-9-7-18(8-10-19)16-22(30)27-11-13-32-14-12-27/h2-10,15H,11-14,16H2,1H3,(H,25,31). The number of carbonyl (C=O) groups excluding carboxylic acids is 2. The van der Waals surface area contributed by atoms with Gasteiger partial charge in [-0.15, -0.1) is 0 Å². The molecule has 0 aliphatic carbocycles. The average Bonchev–Trinajstić information content (AvgIpc) is 2.81. The van der Waals surface area contributed by atoms with Crippen LogP contribution in [0.2, 0.25) is 0 Å². The number of carbonyl (C=O) groups is 2. The second-order valence-corrected chi connectivity index (χ2v) is 8.79. The summed E-state index contributed by atoms with van der Waals surface area (Å²) in [6.07, 6.45) is 0.334. The second kappa shape index (κ2) is 9.82. The Morgan fingerprint density at radius 1 is 1.03 bits per heavy atom. The molecule has 3 aromatic rings. The van der Waals surface area contributed by atoms with Gasteiger partial charge in [0.1, 0.15) is 0 Å². The quantitative estimate of drug-likeness (QED) is 0.649. The molecule has 2 aromatic carbocycles. The molecule has 0 unspecified atom stereocenters. The zero-order chi connectivity index (χ0) is 22.5. The van der Waals surface area contributed by atoms with Gasteiger partial charge in [-0.2, -0.15) is 16.9 Å². The molecular formula is C24H24N4O3S. The second-order valence-electron chi connectivity index (χ2n) is 7.57. The van der Waals surface area contributed by atoms with Gasteiger partial charge < -0.3 is 10.2 Å². The molecule has 164 valence electrons. The monoisotopic (exact) mass is 448 g/mol. The lowest BCUT2D eigenvalue weighted by Gasteiger charge is -2.26. The van der Waals surface area contributed by atoms with E-state index in [1.165, 1.54) is 6.07 Å². The fraction of sp³-hybridized carbons (Fsp3) is 0.250. The normalized spacial score (nSPS) is 13.6. The fourth-order valence-electron chi connectivity index (χ4n) is 3.53. The van der Waals surface area contributed by atoms with E-state index in [4.69, 9.17) is 0 Å². The maximum absolute atomic E-state index is 12.7. The first kappa shape index (κ1) is 21.8. The van der Waals surface area contributed by atoms with Crippen LogP contribution in [0.25, 0.3) is 5.69 Å². The summed E-state index contributed by atoms with van der Waals surface area (Å²) in [5.41, 5.74) is 2.20. The van der Waals surface area contributed by atoms with Gasteiger partial charge in [-0.25, -0.2) is 4.68 Å². The number of rotatable bonds is 5. The van der Waals surface area contributed by atoms with Gasteiger partial charge in [0.2, 0.25) is 11.3 Å². The summed E-state index contributed by atoms with van der Waals surface area (Å²) >= 11 is 1.87. The van der Waals surface area contributed by atoms with E-state index in [0.717, 1.165) is 35.8 Å². The number of nitrogens with one attached hydrogen (secondary N) is 1. The number of aryl methyl sites for hydroxylation is 1. The largest absolute Gasteiger partial charge is 0.341 e. The van der Waals surface area contributed by atoms with Crippen LogP contribution in [-0.4, -0.2) is 51.1 Å². The number of hydrogen-bond acceptors (Lipinski definition) is 5. The van der Waals surface area contributed by atoms with Crippen LogP contribution in [0.4, 0.5) is 5.69 Å². The average molecular weight is 449 g/mol. The highest BCUT2D eigenvalue weighted by Crippen LogP contribution is 2.15. The van der Waals surface area contributed by atoms with E-state index >= 15 is 0 Å². The molecule has 1 N–H and O–H groups in total. The molecule has 1 aromatic heterocycles. The van der Waals surface area contributed by atoms with Crippen LogP contribution in [0.15, 0.2) is 65.5 Å². The zero-order valence-electron chi connectivity index (χ0n) is 17.8. The molecule has 2 heterocycles. The Bertz CT molecular complexity index is 1170. The van der Waals surface area contributed by atoms with Crippen molar-refractivity contribution < 1.29 is 9.59 Å². The van der Waals surface area contributed by atoms with Crippen LogP contribution in [0.5, 0.6) is 0 Å². The molecule has 0 saturated carbocycles. The SMILES string of the molecule is Cc1cc(=O)c(C(=O)Nc2ccc(CC(=O)N3CCSCC3)cc2)nn1-c1ccccc1. The Balaban J connectivity index is 1.46. The smallest absolute Gasteiger partial charge is 0.280 e. The lowest BCUT2D eigenvalue weighted by atomic mass is 10.1. The van der Waals surface area contributed by atoms with Crippen LogP contribution in [0.1, 0.15) is 21.7 Å². The molecule has 1 fully saturated rings. The van der Waals surface area contributed by atoms with Crippen molar-refractivity contribution in [2.24, 2.45) is 0 Å². The van der Waals surface area contributed by atoms with Crippen LogP contribution in [-0.2, 0) is 11.2 Å². The summed E-state index contributed by atoms with van der Waals surface area (Å²) in [6, 6.07) is 17.8. The molecule has 32 heavy (non-hydrogen) atoms. The maximum Gasteiger partial charge on any atom is 0.280 e. The molecule has 7 nitrogen and oxygen atoms in total. The predicted octanol–water partition coefficient (Wildman–Crippen LogP) is 2.91. The molecule has 0 spiro atoms. The minimum absolute atomic E-state index is 0.118. The Morgan fingerprint density at radius 3 is 2.41 bits per heavy atom. The first-order chi connectivity index (χ1) is 15.5. The molecule has 0 radical (unpaired) electrons. The molecule has 1 aliphatic heterocycles. The minimum Gasteiger partial charge on any atom is -0.341 e. The molecule has 2 amide bonds. The fourth-order valence-corrected chi connectivity index (χ4v) is 4.43. The number of anilines is 1. The Hall–Kier alpha value is -3.39. The number of hydrogen-bond donors (Lipinski definition) is 1. The number of para-hydroxylation sites is 1. The summed E-state index contributed by atoms with van der Waals surface area (Å²) in [7, 11) is 0. The topological polar surface area (TPSA) is 84.3 Å². The third-order valence-corrected chi connectivity index (χ3v) is 6.20. The third kappa shape index (κ3) is 5.08. The van der Waals surface area contributed by atoms with E-state index in [1.54, 1.807) is 23.7 Å². The lowest BCUT2D eigenvalue weighted by molar-refractivity contribution is -0.130. The highest BCUT2D eigenvalue weighted by atomic mass is 32.2. The molecule has 8 heteroatoms. The number of aromatic nitrogens is 2. The molecule has 0 bridgehead atoms. The van der Waals surface area contributed by atoms with Gasteiger partial charge in [0, 0.05) is 42.0 Å². The van der Waals surface area contributed by atoms with Crippen molar-refractivity contribution in [3.8, 4) is 5.69 Å². The van der Waals surface area contributed by atoms with Gasteiger partial charge in [-0.05, 0) is 36.8 Å². The molecular weight excluding hydrogens is 424 g/mol. The van der Waals surface area contributed by atoms with Crippen molar-refractivity contribution in [2.45, 2.75) is 13.3 Å². The van der Waals surface area contributed by atoms with Crippen molar-refractivity contribution in [2.75, 3.05) is 29.9 Å². The van der Waals surface area contributed by atoms with E-state index in [0.29, 0.717) is 17.8 Å². The van der Waals surface area contributed by atoms with Crippen LogP contribution in [0.3, 0.4) is 0 Å². The molecule has 1 saturated heterocycles.